The van der Waals surface area contributed by atoms with Crippen LogP contribution < -0.4 is 10.1 Å². The van der Waals surface area contributed by atoms with Crippen molar-refractivity contribution in [3.05, 3.63) is 40.1 Å². The molecule has 0 aromatic heterocycles. The van der Waals surface area contributed by atoms with E-state index in [4.69, 9.17) is 9.47 Å². The smallest absolute Gasteiger partial charge is 0.387 e. The van der Waals surface area contributed by atoms with Gasteiger partial charge in [-0.25, -0.2) is 9.59 Å². The van der Waals surface area contributed by atoms with E-state index in [-0.39, 0.29) is 31.0 Å². The molecule has 1 atom stereocenters. The highest BCUT2D eigenvalue weighted by Gasteiger charge is 2.42. The molecule has 0 bridgehead atoms. The van der Waals surface area contributed by atoms with E-state index in [0.717, 1.165) is 12.8 Å². The van der Waals surface area contributed by atoms with Crippen molar-refractivity contribution in [1.82, 2.24) is 10.2 Å². The first-order valence-corrected chi connectivity index (χ1v) is 9.77. The van der Waals surface area contributed by atoms with Gasteiger partial charge in [-0.3, -0.25) is 4.90 Å². The summed E-state index contributed by atoms with van der Waals surface area (Å²) >= 11 is 0. The Kier molecular flexibility index (Phi) is 6.60. The number of carbonyl (C=O) groups is 2. The lowest BCUT2D eigenvalue weighted by atomic mass is 9.92. The largest absolute Gasteiger partial charge is 0.460 e. The summed E-state index contributed by atoms with van der Waals surface area (Å²) in [5.41, 5.74) is 2.41. The molecule has 0 unspecified atom stereocenters. The molecule has 0 saturated heterocycles. The average molecular weight is 424 g/mol. The van der Waals surface area contributed by atoms with Crippen molar-refractivity contribution in [3.8, 4) is 5.75 Å². The number of alkyl halides is 2. The lowest BCUT2D eigenvalue weighted by Crippen LogP contribution is -2.49. The number of hydrogen-bond acceptors (Lipinski definition) is 5. The number of esters is 1. The Morgan fingerprint density at radius 2 is 1.83 bits per heavy atom. The number of nitrogens with zero attached hydrogens (tertiary/aromatic N) is 1. The van der Waals surface area contributed by atoms with Crippen LogP contribution in [0.15, 0.2) is 23.4 Å². The molecule has 1 saturated carbocycles. The van der Waals surface area contributed by atoms with E-state index in [1.165, 1.54) is 7.11 Å². The summed E-state index contributed by atoms with van der Waals surface area (Å²) in [5, 5.41) is 2.88. The van der Waals surface area contributed by atoms with E-state index in [1.54, 1.807) is 37.8 Å². The van der Waals surface area contributed by atoms with Gasteiger partial charge in [0.05, 0.1) is 18.2 Å². The number of aryl methyl sites for hydroxylation is 2. The van der Waals surface area contributed by atoms with Crippen molar-refractivity contribution >= 4 is 12.0 Å². The summed E-state index contributed by atoms with van der Waals surface area (Å²) in [4.78, 5) is 27.3. The topological polar surface area (TPSA) is 77.1 Å². The van der Waals surface area contributed by atoms with Gasteiger partial charge in [0.2, 0.25) is 0 Å². The van der Waals surface area contributed by atoms with Gasteiger partial charge in [0.1, 0.15) is 12.4 Å². The molecule has 1 N–H and O–H groups in total. The third-order valence-electron chi connectivity index (χ3n) is 5.20. The first-order valence-electron chi connectivity index (χ1n) is 9.77. The molecule has 7 nitrogen and oxygen atoms in total. The first kappa shape index (κ1) is 22.0. The predicted molar refractivity (Wildman–Crippen MR) is 104 cm³/mol. The molecule has 0 spiro atoms. The van der Waals surface area contributed by atoms with E-state index < -0.39 is 18.6 Å². The van der Waals surface area contributed by atoms with Crippen LogP contribution in [0.25, 0.3) is 0 Å². The molecule has 164 valence electrons. The van der Waals surface area contributed by atoms with Crippen molar-refractivity contribution in [3.63, 3.8) is 0 Å². The van der Waals surface area contributed by atoms with Crippen LogP contribution in [0.5, 0.6) is 5.75 Å². The van der Waals surface area contributed by atoms with E-state index in [1.807, 2.05) is 0 Å². The lowest BCUT2D eigenvalue weighted by molar-refractivity contribution is -0.140. The second kappa shape index (κ2) is 8.99. The molecule has 1 heterocycles. The van der Waals surface area contributed by atoms with Crippen LogP contribution in [0, 0.1) is 13.8 Å². The highest BCUT2D eigenvalue weighted by Crippen LogP contribution is 2.39. The van der Waals surface area contributed by atoms with Gasteiger partial charge in [0.25, 0.3) is 0 Å². The molecule has 1 aliphatic carbocycles. The maximum Gasteiger partial charge on any atom is 0.387 e. The molecule has 9 heteroatoms. The number of nitrogens with one attached hydrogen (secondary N) is 1. The maximum absolute atomic E-state index is 12.9. The highest BCUT2D eigenvalue weighted by atomic mass is 19.3. The quantitative estimate of drug-likeness (QED) is 0.510. The maximum atomic E-state index is 12.9. The summed E-state index contributed by atoms with van der Waals surface area (Å²) in [5.74, 6) is -0.469. The molecule has 3 rings (SSSR count). The average Bonchev–Trinajstić information content (AvgIpc) is 3.49. The van der Waals surface area contributed by atoms with Gasteiger partial charge in [-0.05, 0) is 62.4 Å². The monoisotopic (exact) mass is 424 g/mol. The van der Waals surface area contributed by atoms with Gasteiger partial charge in [0, 0.05) is 18.8 Å². The molecule has 1 aliphatic heterocycles. The number of urea groups is 1. The molecule has 1 aromatic rings. The standard InChI is InChI=1S/C21H26F2N2O5/c1-11-9-14(10-12(2)18(11)30-20(22)23)17-16(19(26)29-8-7-28-4)13(3)25(15-5-6-15)21(27)24-17/h9-10,15,17,20H,5-8H2,1-4H3,(H,24,27)/t17-/m1/s1. The van der Waals surface area contributed by atoms with Crippen LogP contribution in [0.3, 0.4) is 0 Å². The summed E-state index contributed by atoms with van der Waals surface area (Å²) in [6.45, 7) is 2.40. The molecular weight excluding hydrogens is 398 g/mol. The molecule has 1 aromatic carbocycles. The number of hydrogen-bond donors (Lipinski definition) is 1. The van der Waals surface area contributed by atoms with E-state index in [0.29, 0.717) is 28.0 Å². The first-order chi connectivity index (χ1) is 14.2. The van der Waals surface area contributed by atoms with Gasteiger partial charge in [-0.15, -0.1) is 0 Å². The number of halogens is 2. The SMILES string of the molecule is COCCOC(=O)C1=C(C)N(C2CC2)C(=O)N[C@@H]1c1cc(C)c(OC(F)F)c(C)c1. The fourth-order valence-electron chi connectivity index (χ4n) is 3.76. The molecular formula is C21H26F2N2O5. The Morgan fingerprint density at radius 1 is 1.20 bits per heavy atom. The Labute approximate surface area is 174 Å². The molecule has 1 fully saturated rings. The molecule has 30 heavy (non-hydrogen) atoms. The minimum absolute atomic E-state index is 0.0676. The van der Waals surface area contributed by atoms with Crippen molar-refractivity contribution < 1.29 is 32.6 Å². The van der Waals surface area contributed by atoms with Crippen molar-refractivity contribution in [2.24, 2.45) is 0 Å². The van der Waals surface area contributed by atoms with E-state index in [9.17, 15) is 18.4 Å². The number of methoxy groups -OCH3 is 1. The number of rotatable bonds is 8. The second-order valence-electron chi connectivity index (χ2n) is 7.47. The normalized spacial score (nSPS) is 19.2. The van der Waals surface area contributed by atoms with Crippen LogP contribution >= 0.6 is 0 Å². The third kappa shape index (κ3) is 4.56. The Hall–Kier alpha value is -2.68. The zero-order valence-electron chi connectivity index (χ0n) is 17.5. The Bertz CT molecular complexity index is 844. The number of carbonyl (C=O) groups excluding carboxylic acids is 2. The van der Waals surface area contributed by atoms with Gasteiger partial charge >= 0.3 is 18.6 Å². The van der Waals surface area contributed by atoms with Gasteiger partial charge in [-0.1, -0.05) is 0 Å². The molecule has 0 radical (unpaired) electrons. The summed E-state index contributed by atoms with van der Waals surface area (Å²) in [6, 6.07) is 2.28. The van der Waals surface area contributed by atoms with Crippen molar-refractivity contribution in [1.29, 1.82) is 0 Å². The fraction of sp³-hybridized carbons (Fsp3) is 0.524. The van der Waals surface area contributed by atoms with Crippen LogP contribution in [0.1, 0.15) is 42.5 Å². The zero-order chi connectivity index (χ0) is 22.0. The Morgan fingerprint density at radius 3 is 2.37 bits per heavy atom. The minimum Gasteiger partial charge on any atom is -0.460 e. The van der Waals surface area contributed by atoms with Crippen molar-refractivity contribution in [2.75, 3.05) is 20.3 Å². The van der Waals surface area contributed by atoms with Gasteiger partial charge in [0.15, 0.2) is 0 Å². The second-order valence-corrected chi connectivity index (χ2v) is 7.47. The fourth-order valence-corrected chi connectivity index (χ4v) is 3.76. The van der Waals surface area contributed by atoms with Crippen LogP contribution in [-0.2, 0) is 14.3 Å². The van der Waals surface area contributed by atoms with Crippen LogP contribution in [0.4, 0.5) is 13.6 Å². The van der Waals surface area contributed by atoms with Crippen molar-refractivity contribution in [2.45, 2.75) is 52.3 Å². The summed E-state index contributed by atoms with van der Waals surface area (Å²) < 4.78 is 40.3. The third-order valence-corrected chi connectivity index (χ3v) is 5.20. The summed E-state index contributed by atoms with van der Waals surface area (Å²) in [7, 11) is 1.51. The predicted octanol–water partition coefficient (Wildman–Crippen LogP) is 3.60. The van der Waals surface area contributed by atoms with E-state index in [2.05, 4.69) is 10.1 Å². The van der Waals surface area contributed by atoms with Gasteiger partial charge < -0.3 is 19.5 Å². The summed E-state index contributed by atoms with van der Waals surface area (Å²) in [6.07, 6.45) is 1.75. The lowest BCUT2D eigenvalue weighted by Gasteiger charge is -2.36. The number of amides is 2. The number of benzene rings is 1. The number of allylic oxidation sites excluding steroid dienone is 1. The van der Waals surface area contributed by atoms with Crippen LogP contribution in [-0.4, -0.2) is 49.9 Å². The highest BCUT2D eigenvalue weighted by molar-refractivity contribution is 5.95. The molecule has 2 amide bonds. The minimum atomic E-state index is -2.94. The molecule has 2 aliphatic rings. The zero-order valence-corrected chi connectivity index (χ0v) is 17.5. The number of ether oxygens (including phenoxy) is 3. The van der Waals surface area contributed by atoms with E-state index >= 15 is 0 Å². The Balaban J connectivity index is 2.00. The van der Waals surface area contributed by atoms with Crippen LogP contribution in [0.2, 0.25) is 0 Å². The van der Waals surface area contributed by atoms with Gasteiger partial charge in [-0.2, -0.15) is 8.78 Å².